The van der Waals surface area contributed by atoms with Crippen LogP contribution in [0.5, 0.6) is 0 Å². The van der Waals surface area contributed by atoms with Crippen LogP contribution < -0.4 is 0 Å². The highest BCUT2D eigenvalue weighted by Crippen LogP contribution is 2.34. The first-order chi connectivity index (χ1) is 5.82. The molecule has 0 unspecified atom stereocenters. The highest BCUT2D eigenvalue weighted by Gasteiger charge is 2.33. The Labute approximate surface area is 75.4 Å². The molecular weight excluding hydrogens is 177 g/mol. The number of benzene rings is 1. The van der Waals surface area contributed by atoms with E-state index in [2.05, 4.69) is 0 Å². The monoisotopic (exact) mass is 188 g/mol. The van der Waals surface area contributed by atoms with E-state index < -0.39 is 11.7 Å². The number of hydrogen-bond donors (Lipinski definition) is 0. The van der Waals surface area contributed by atoms with Gasteiger partial charge in [-0.25, -0.2) is 0 Å². The Kier molecular flexibility index (Phi) is 2.37. The largest absolute Gasteiger partial charge is 0.416 e. The number of alkyl halides is 3. The van der Waals surface area contributed by atoms with Gasteiger partial charge in [0.2, 0.25) is 0 Å². The molecule has 72 valence electrons. The van der Waals surface area contributed by atoms with Gasteiger partial charge >= 0.3 is 6.18 Å². The van der Waals surface area contributed by atoms with Gasteiger partial charge in [-0.15, -0.1) is 0 Å². The van der Waals surface area contributed by atoms with Gasteiger partial charge in [-0.05, 0) is 31.9 Å². The summed E-state index contributed by atoms with van der Waals surface area (Å²) in [6, 6.07) is 3.10. The first-order valence-corrected chi connectivity index (χ1v) is 3.97. The van der Waals surface area contributed by atoms with Crippen LogP contribution >= 0.6 is 0 Å². The minimum Gasteiger partial charge on any atom is -0.166 e. The molecule has 0 amide bonds. The van der Waals surface area contributed by atoms with Crippen molar-refractivity contribution in [2.75, 3.05) is 0 Å². The van der Waals surface area contributed by atoms with E-state index in [0.29, 0.717) is 11.1 Å². The number of hydrogen-bond acceptors (Lipinski definition) is 0. The fraction of sp³-hybridized carbons (Fsp3) is 0.400. The molecule has 0 fully saturated rings. The summed E-state index contributed by atoms with van der Waals surface area (Å²) >= 11 is 0. The van der Waals surface area contributed by atoms with Crippen LogP contribution in [-0.2, 0) is 6.18 Å². The predicted octanol–water partition coefficient (Wildman–Crippen LogP) is 3.63. The Bertz CT molecular complexity index is 300. The Morgan fingerprint density at radius 1 is 0.923 bits per heavy atom. The van der Waals surface area contributed by atoms with Gasteiger partial charge in [-0.1, -0.05) is 17.7 Å². The maximum atomic E-state index is 12.4. The molecule has 0 saturated carbocycles. The number of halogens is 3. The third-order valence-corrected chi connectivity index (χ3v) is 1.96. The van der Waals surface area contributed by atoms with Crippen LogP contribution in [0.3, 0.4) is 0 Å². The molecule has 1 aromatic carbocycles. The smallest absolute Gasteiger partial charge is 0.166 e. The van der Waals surface area contributed by atoms with Crippen molar-refractivity contribution in [3.63, 3.8) is 0 Å². The number of aryl methyl sites for hydroxylation is 3. The lowest BCUT2D eigenvalue weighted by Crippen LogP contribution is -2.10. The molecule has 0 nitrogen and oxygen atoms in total. The van der Waals surface area contributed by atoms with Gasteiger partial charge in [-0.3, -0.25) is 0 Å². The Morgan fingerprint density at radius 3 is 1.62 bits per heavy atom. The van der Waals surface area contributed by atoms with Gasteiger partial charge in [0.05, 0.1) is 5.56 Å². The van der Waals surface area contributed by atoms with E-state index in [1.807, 2.05) is 0 Å². The summed E-state index contributed by atoms with van der Waals surface area (Å²) in [5.74, 6) is 0. The maximum absolute atomic E-state index is 12.4. The summed E-state index contributed by atoms with van der Waals surface area (Å²) in [4.78, 5) is 0. The molecule has 1 rings (SSSR count). The van der Waals surface area contributed by atoms with E-state index in [1.54, 1.807) is 19.1 Å². The lowest BCUT2D eigenvalue weighted by Gasteiger charge is -2.13. The van der Waals surface area contributed by atoms with Crippen molar-refractivity contribution in [1.82, 2.24) is 0 Å². The van der Waals surface area contributed by atoms with Crippen LogP contribution in [0.4, 0.5) is 13.2 Å². The summed E-state index contributed by atoms with van der Waals surface area (Å²) < 4.78 is 37.3. The van der Waals surface area contributed by atoms with E-state index >= 15 is 0 Å². The first-order valence-electron chi connectivity index (χ1n) is 3.97. The van der Waals surface area contributed by atoms with Crippen molar-refractivity contribution in [2.24, 2.45) is 0 Å². The van der Waals surface area contributed by atoms with Crippen LogP contribution in [0, 0.1) is 20.8 Å². The average molecular weight is 188 g/mol. The van der Waals surface area contributed by atoms with Gasteiger partial charge in [-0.2, -0.15) is 13.2 Å². The molecule has 1 aromatic rings. The van der Waals surface area contributed by atoms with Gasteiger partial charge in [0.25, 0.3) is 0 Å². The summed E-state index contributed by atoms with van der Waals surface area (Å²) in [6.45, 7) is 4.77. The lowest BCUT2D eigenvalue weighted by atomic mass is 10.00. The predicted molar refractivity (Wildman–Crippen MR) is 45.7 cm³/mol. The van der Waals surface area contributed by atoms with Crippen molar-refractivity contribution >= 4 is 0 Å². The molecule has 0 spiro atoms. The number of rotatable bonds is 0. The Morgan fingerprint density at radius 2 is 1.31 bits per heavy atom. The van der Waals surface area contributed by atoms with E-state index in [0.717, 1.165) is 5.56 Å². The summed E-state index contributed by atoms with van der Waals surface area (Å²) in [7, 11) is 0. The zero-order valence-electron chi connectivity index (χ0n) is 7.79. The molecule has 0 N–H and O–H groups in total. The molecular formula is C10H11F3. The van der Waals surface area contributed by atoms with Crippen LogP contribution in [0.15, 0.2) is 12.1 Å². The maximum Gasteiger partial charge on any atom is 0.416 e. The van der Waals surface area contributed by atoms with Crippen LogP contribution in [-0.4, -0.2) is 0 Å². The summed E-state index contributed by atoms with van der Waals surface area (Å²) in [5.41, 5.74) is 0.955. The average Bonchev–Trinajstić information content (AvgIpc) is 1.78. The Balaban J connectivity index is 3.38. The standard InChI is InChI=1S/C10H11F3/c1-6-4-7(2)9(8(3)5-6)10(11,12)13/h4-5H,1-3H3. The van der Waals surface area contributed by atoms with Crippen LogP contribution in [0.25, 0.3) is 0 Å². The van der Waals surface area contributed by atoms with E-state index in [-0.39, 0.29) is 0 Å². The highest BCUT2D eigenvalue weighted by molar-refractivity contribution is 5.39. The molecule has 0 aromatic heterocycles. The van der Waals surface area contributed by atoms with Crippen molar-refractivity contribution < 1.29 is 13.2 Å². The van der Waals surface area contributed by atoms with E-state index in [1.165, 1.54) is 13.8 Å². The normalized spacial score (nSPS) is 11.8. The van der Waals surface area contributed by atoms with Crippen molar-refractivity contribution in [3.8, 4) is 0 Å². The zero-order chi connectivity index (χ0) is 10.2. The minimum atomic E-state index is -4.23. The quantitative estimate of drug-likeness (QED) is 0.583. The minimum absolute atomic E-state index is 0.296. The summed E-state index contributed by atoms with van der Waals surface area (Å²) in [6.07, 6.45) is -4.23. The second-order valence-corrected chi connectivity index (χ2v) is 3.27. The second kappa shape index (κ2) is 3.05. The third kappa shape index (κ3) is 2.02. The first kappa shape index (κ1) is 10.1. The Hall–Kier alpha value is -0.990. The molecule has 13 heavy (non-hydrogen) atoms. The second-order valence-electron chi connectivity index (χ2n) is 3.27. The fourth-order valence-electron chi connectivity index (χ4n) is 1.63. The van der Waals surface area contributed by atoms with Gasteiger partial charge in [0, 0.05) is 0 Å². The van der Waals surface area contributed by atoms with Crippen molar-refractivity contribution in [1.29, 1.82) is 0 Å². The fourth-order valence-corrected chi connectivity index (χ4v) is 1.63. The van der Waals surface area contributed by atoms with Crippen molar-refractivity contribution in [2.45, 2.75) is 26.9 Å². The molecule has 0 radical (unpaired) electrons. The van der Waals surface area contributed by atoms with Crippen LogP contribution in [0.2, 0.25) is 0 Å². The third-order valence-electron chi connectivity index (χ3n) is 1.96. The zero-order valence-corrected chi connectivity index (χ0v) is 7.79. The lowest BCUT2D eigenvalue weighted by molar-refractivity contribution is -0.138. The molecule has 0 heterocycles. The molecule has 0 aliphatic carbocycles. The molecule has 0 saturated heterocycles. The van der Waals surface area contributed by atoms with E-state index in [9.17, 15) is 13.2 Å². The highest BCUT2D eigenvalue weighted by atomic mass is 19.4. The molecule has 3 heteroatoms. The van der Waals surface area contributed by atoms with Gasteiger partial charge in [0.15, 0.2) is 0 Å². The topological polar surface area (TPSA) is 0 Å². The SMILES string of the molecule is Cc1cc(C)c(C(F)(F)F)c(C)c1. The molecule has 0 aliphatic rings. The van der Waals surface area contributed by atoms with Gasteiger partial charge in [0.1, 0.15) is 0 Å². The van der Waals surface area contributed by atoms with Crippen LogP contribution in [0.1, 0.15) is 22.3 Å². The summed E-state index contributed by atoms with van der Waals surface area (Å²) in [5, 5.41) is 0. The van der Waals surface area contributed by atoms with Crippen molar-refractivity contribution in [3.05, 3.63) is 34.4 Å². The molecule has 0 atom stereocenters. The van der Waals surface area contributed by atoms with Gasteiger partial charge < -0.3 is 0 Å². The van der Waals surface area contributed by atoms with E-state index in [4.69, 9.17) is 0 Å². The molecule has 0 bridgehead atoms. The molecule has 0 aliphatic heterocycles.